The number of hydrogen-bond donors (Lipinski definition) is 1. The molecule has 1 heterocycles. The Labute approximate surface area is 186 Å². The van der Waals surface area contributed by atoms with Gasteiger partial charge in [0.05, 0.1) is 23.0 Å². The second kappa shape index (κ2) is 10.6. The molecular formula is C24H26O6S. The average Bonchev–Trinajstić information content (AvgIpc) is 3.05. The van der Waals surface area contributed by atoms with Crippen LogP contribution in [0.3, 0.4) is 0 Å². The summed E-state index contributed by atoms with van der Waals surface area (Å²) in [5.41, 5.74) is 1.96. The lowest BCUT2D eigenvalue weighted by atomic mass is 10.1. The van der Waals surface area contributed by atoms with Crippen molar-refractivity contribution in [3.8, 4) is 0 Å². The number of benzene rings is 2. The fourth-order valence-electron chi connectivity index (χ4n) is 3.15. The number of carbonyl (C=O) groups excluding carboxylic acids is 2. The molecule has 2 aromatic rings. The van der Waals surface area contributed by atoms with E-state index in [1.807, 2.05) is 38.1 Å². The Hall–Kier alpha value is -2.61. The van der Waals surface area contributed by atoms with Gasteiger partial charge in [0.2, 0.25) is 0 Å². The van der Waals surface area contributed by atoms with Gasteiger partial charge in [-0.05, 0) is 38.1 Å². The molecule has 1 N–H and O–H groups in total. The third kappa shape index (κ3) is 5.97. The predicted molar refractivity (Wildman–Crippen MR) is 119 cm³/mol. The molecule has 0 aromatic heterocycles. The van der Waals surface area contributed by atoms with Crippen LogP contribution in [0.5, 0.6) is 0 Å². The van der Waals surface area contributed by atoms with E-state index >= 15 is 0 Å². The molecular weight excluding hydrogens is 416 g/mol. The van der Waals surface area contributed by atoms with E-state index in [1.165, 1.54) is 0 Å². The van der Waals surface area contributed by atoms with Crippen LogP contribution in [0.25, 0.3) is 0 Å². The first-order valence-corrected chi connectivity index (χ1v) is 10.9. The van der Waals surface area contributed by atoms with E-state index in [2.05, 4.69) is 6.58 Å². The van der Waals surface area contributed by atoms with Gasteiger partial charge in [0.15, 0.2) is 0 Å². The minimum Gasteiger partial charge on any atom is -0.461 e. The highest BCUT2D eigenvalue weighted by Crippen LogP contribution is 2.37. The molecule has 1 aliphatic rings. The number of ether oxygens (including phenoxy) is 3. The van der Waals surface area contributed by atoms with Crippen LogP contribution in [0.2, 0.25) is 0 Å². The smallest absolute Gasteiger partial charge is 0.338 e. The first-order valence-electron chi connectivity index (χ1n) is 9.96. The number of hydrogen-bond acceptors (Lipinski definition) is 7. The zero-order valence-electron chi connectivity index (χ0n) is 17.5. The van der Waals surface area contributed by atoms with Gasteiger partial charge in [0, 0.05) is 0 Å². The van der Waals surface area contributed by atoms with Crippen molar-refractivity contribution < 1.29 is 28.9 Å². The molecule has 1 unspecified atom stereocenters. The Morgan fingerprint density at radius 2 is 1.52 bits per heavy atom. The summed E-state index contributed by atoms with van der Waals surface area (Å²) < 4.78 is 16.8. The van der Waals surface area contributed by atoms with E-state index in [0.717, 1.165) is 22.9 Å². The van der Waals surface area contributed by atoms with Crippen LogP contribution in [0.15, 0.2) is 61.2 Å². The molecule has 0 spiro atoms. The maximum atomic E-state index is 12.7. The minimum atomic E-state index is -0.932. The summed E-state index contributed by atoms with van der Waals surface area (Å²) >= 11 is 1.15. The molecule has 1 fully saturated rings. The number of thioether (sulfide) groups is 1. The van der Waals surface area contributed by atoms with E-state index in [1.54, 1.807) is 30.3 Å². The molecule has 3 rings (SSSR count). The monoisotopic (exact) mass is 442 g/mol. The topological polar surface area (TPSA) is 82.1 Å². The second-order valence-corrected chi connectivity index (χ2v) is 8.71. The standard InChI is InChI=1S/C24H26O6S/c1-4-13-28-21-20(30-23(26)18-11-7-16(3)8-12-18)19(31-24(21)27)14-29-22(25)17-9-5-15(2)6-10-17/h4-12,19-21,24,27H,1,13-14H2,2-3H3/t19-,20-,21+,24?/m0/s1. The lowest BCUT2D eigenvalue weighted by Crippen LogP contribution is -2.40. The summed E-state index contributed by atoms with van der Waals surface area (Å²) in [6, 6.07) is 14.1. The summed E-state index contributed by atoms with van der Waals surface area (Å²) in [4.78, 5) is 25.1. The molecule has 1 saturated heterocycles. The highest BCUT2D eigenvalue weighted by atomic mass is 32.2. The third-order valence-corrected chi connectivity index (χ3v) is 6.19. The largest absolute Gasteiger partial charge is 0.461 e. The van der Waals surface area contributed by atoms with E-state index in [4.69, 9.17) is 14.2 Å². The van der Waals surface area contributed by atoms with Crippen molar-refractivity contribution in [2.45, 2.75) is 36.7 Å². The van der Waals surface area contributed by atoms with E-state index in [0.29, 0.717) is 11.1 Å². The lowest BCUT2D eigenvalue weighted by Gasteiger charge is -2.24. The average molecular weight is 443 g/mol. The first-order chi connectivity index (χ1) is 14.9. The van der Waals surface area contributed by atoms with Gasteiger partial charge in [0.1, 0.15) is 24.3 Å². The molecule has 2 aromatic carbocycles. The fourth-order valence-corrected chi connectivity index (χ4v) is 4.41. The molecule has 7 heteroatoms. The molecule has 6 nitrogen and oxygen atoms in total. The molecule has 0 radical (unpaired) electrons. The van der Waals surface area contributed by atoms with Crippen LogP contribution in [0.1, 0.15) is 31.8 Å². The fraction of sp³-hybridized carbons (Fsp3) is 0.333. The van der Waals surface area contributed by atoms with Gasteiger partial charge in [-0.15, -0.1) is 18.3 Å². The number of aryl methyl sites for hydroxylation is 2. The third-order valence-electron chi connectivity index (χ3n) is 4.89. The van der Waals surface area contributed by atoms with Crippen LogP contribution >= 0.6 is 11.8 Å². The van der Waals surface area contributed by atoms with Crippen molar-refractivity contribution in [1.82, 2.24) is 0 Å². The Morgan fingerprint density at radius 1 is 0.968 bits per heavy atom. The normalized spacial score (nSPS) is 22.7. The Balaban J connectivity index is 1.70. The second-order valence-electron chi connectivity index (χ2n) is 7.35. The van der Waals surface area contributed by atoms with Gasteiger partial charge in [0.25, 0.3) is 0 Å². The summed E-state index contributed by atoms with van der Waals surface area (Å²) in [5.74, 6) is -1.00. The Bertz CT molecular complexity index is 909. The van der Waals surface area contributed by atoms with Gasteiger partial charge >= 0.3 is 11.9 Å². The van der Waals surface area contributed by atoms with Crippen molar-refractivity contribution in [1.29, 1.82) is 0 Å². The zero-order valence-corrected chi connectivity index (χ0v) is 18.3. The van der Waals surface area contributed by atoms with Gasteiger partial charge < -0.3 is 19.3 Å². The van der Waals surface area contributed by atoms with Crippen LogP contribution < -0.4 is 0 Å². The number of aliphatic hydroxyl groups is 1. The molecule has 0 saturated carbocycles. The lowest BCUT2D eigenvalue weighted by molar-refractivity contribution is -0.0685. The van der Waals surface area contributed by atoms with Crippen LogP contribution in [-0.4, -0.2) is 53.2 Å². The highest BCUT2D eigenvalue weighted by molar-refractivity contribution is 8.00. The summed E-state index contributed by atoms with van der Waals surface area (Å²) in [5, 5.41) is 9.98. The number of carbonyl (C=O) groups is 2. The van der Waals surface area contributed by atoms with Gasteiger partial charge in [-0.1, -0.05) is 41.5 Å². The first kappa shape index (κ1) is 23.1. The number of rotatable bonds is 8. The van der Waals surface area contributed by atoms with Gasteiger partial charge in [-0.25, -0.2) is 9.59 Å². The molecule has 4 atom stereocenters. The van der Waals surface area contributed by atoms with Crippen molar-refractivity contribution >= 4 is 23.7 Å². The van der Waals surface area contributed by atoms with E-state index in [9.17, 15) is 14.7 Å². The molecule has 0 aliphatic carbocycles. The van der Waals surface area contributed by atoms with Crippen LogP contribution in [0, 0.1) is 13.8 Å². The highest BCUT2D eigenvalue weighted by Gasteiger charge is 2.47. The molecule has 1 aliphatic heterocycles. The van der Waals surface area contributed by atoms with E-state index in [-0.39, 0.29) is 13.2 Å². The Morgan fingerprint density at radius 3 is 2.06 bits per heavy atom. The number of esters is 2. The minimum absolute atomic E-state index is 0.0335. The summed E-state index contributed by atoms with van der Waals surface area (Å²) in [6.07, 6.45) is 0.00102. The zero-order chi connectivity index (χ0) is 22.4. The molecule has 164 valence electrons. The Kier molecular flexibility index (Phi) is 7.90. The quantitative estimate of drug-likeness (QED) is 0.493. The SMILES string of the molecule is C=CCO[C@H]1C(O)S[C@@H](COC(=O)c2ccc(C)cc2)[C@@H]1OC(=O)c1ccc(C)cc1. The van der Waals surface area contributed by atoms with Gasteiger partial charge in [-0.2, -0.15) is 0 Å². The predicted octanol–water partition coefficient (Wildman–Crippen LogP) is 3.69. The molecule has 0 bridgehead atoms. The van der Waals surface area contributed by atoms with Gasteiger partial charge in [-0.3, -0.25) is 0 Å². The van der Waals surface area contributed by atoms with Crippen molar-refractivity contribution in [3.05, 3.63) is 83.4 Å². The molecule has 31 heavy (non-hydrogen) atoms. The van der Waals surface area contributed by atoms with Crippen molar-refractivity contribution in [2.75, 3.05) is 13.2 Å². The van der Waals surface area contributed by atoms with Crippen LogP contribution in [-0.2, 0) is 14.2 Å². The van der Waals surface area contributed by atoms with Crippen molar-refractivity contribution in [2.24, 2.45) is 0 Å². The number of aliphatic hydroxyl groups excluding tert-OH is 1. The van der Waals surface area contributed by atoms with E-state index < -0.39 is 34.8 Å². The maximum Gasteiger partial charge on any atom is 0.338 e. The summed E-state index contributed by atoms with van der Waals surface area (Å²) in [7, 11) is 0. The summed E-state index contributed by atoms with van der Waals surface area (Å²) in [6.45, 7) is 7.63. The van der Waals surface area contributed by atoms with Crippen molar-refractivity contribution in [3.63, 3.8) is 0 Å². The molecule has 0 amide bonds. The maximum absolute atomic E-state index is 12.7. The van der Waals surface area contributed by atoms with Crippen LogP contribution in [0.4, 0.5) is 0 Å².